The zero-order valence-electron chi connectivity index (χ0n) is 15.5. The molecule has 150 valence electrons. The van der Waals surface area contributed by atoms with Crippen molar-refractivity contribution in [3.8, 4) is 11.5 Å². The highest BCUT2D eigenvalue weighted by Crippen LogP contribution is 2.31. The first kappa shape index (κ1) is 21.1. The maximum atomic E-state index is 13.1. The Bertz CT molecular complexity index is 1020. The third-order valence-electron chi connectivity index (χ3n) is 4.01. The van der Waals surface area contributed by atoms with Crippen molar-refractivity contribution < 1.29 is 19.1 Å². The molecule has 0 spiro atoms. The Morgan fingerprint density at radius 3 is 2.41 bits per heavy atom. The first-order valence-corrected chi connectivity index (χ1v) is 9.69. The predicted octanol–water partition coefficient (Wildman–Crippen LogP) is 4.23. The van der Waals surface area contributed by atoms with Crippen LogP contribution in [-0.4, -0.2) is 30.6 Å². The van der Waals surface area contributed by atoms with Gasteiger partial charge >= 0.3 is 0 Å². The van der Waals surface area contributed by atoms with Gasteiger partial charge in [-0.1, -0.05) is 29.3 Å². The van der Waals surface area contributed by atoms with Gasteiger partial charge in [0.25, 0.3) is 11.8 Å². The number of benzene rings is 2. The molecule has 1 N–H and O–H groups in total. The van der Waals surface area contributed by atoms with Crippen LogP contribution in [0.5, 0.6) is 11.5 Å². The molecule has 0 bridgehead atoms. The molecule has 0 aliphatic carbocycles. The highest BCUT2D eigenvalue weighted by atomic mass is 35.5. The van der Waals surface area contributed by atoms with E-state index in [0.717, 1.165) is 0 Å². The van der Waals surface area contributed by atoms with Gasteiger partial charge < -0.3 is 9.47 Å². The normalized spacial score (nSPS) is 15.5. The van der Waals surface area contributed by atoms with Gasteiger partial charge in [0.05, 0.1) is 19.4 Å². The number of carbonyl (C=O) groups excluding carboxylic acids is 2. The lowest BCUT2D eigenvalue weighted by molar-refractivity contribution is -0.122. The summed E-state index contributed by atoms with van der Waals surface area (Å²) in [5.41, 5.74) is 0.847. The van der Waals surface area contributed by atoms with Gasteiger partial charge in [-0.2, -0.15) is 0 Å². The van der Waals surface area contributed by atoms with Gasteiger partial charge in [0, 0.05) is 10.0 Å². The Hall–Kier alpha value is -2.61. The SMILES string of the molecule is CCOc1cc(C=C2C(=O)NC(=S)N(c3cc(Cl)cc(Cl)c3)C2=O)ccc1OC. The van der Waals surface area contributed by atoms with Gasteiger partial charge in [-0.25, -0.2) is 0 Å². The summed E-state index contributed by atoms with van der Waals surface area (Å²) in [6.45, 7) is 2.28. The van der Waals surface area contributed by atoms with Crippen LogP contribution in [0.1, 0.15) is 12.5 Å². The molecule has 29 heavy (non-hydrogen) atoms. The van der Waals surface area contributed by atoms with E-state index in [2.05, 4.69) is 5.32 Å². The number of hydrogen-bond acceptors (Lipinski definition) is 5. The summed E-state index contributed by atoms with van der Waals surface area (Å²) >= 11 is 17.3. The third-order valence-corrected chi connectivity index (χ3v) is 4.73. The van der Waals surface area contributed by atoms with Crippen LogP contribution in [0.4, 0.5) is 5.69 Å². The Balaban J connectivity index is 2.02. The lowest BCUT2D eigenvalue weighted by Gasteiger charge is -2.29. The smallest absolute Gasteiger partial charge is 0.270 e. The van der Waals surface area contributed by atoms with E-state index in [9.17, 15) is 9.59 Å². The molecular formula is C20H16Cl2N2O4S. The van der Waals surface area contributed by atoms with Gasteiger partial charge in [-0.15, -0.1) is 0 Å². The van der Waals surface area contributed by atoms with Crippen LogP contribution in [0, 0.1) is 0 Å². The number of carbonyl (C=O) groups is 2. The molecule has 0 saturated carbocycles. The number of methoxy groups -OCH3 is 1. The summed E-state index contributed by atoms with van der Waals surface area (Å²) in [5.74, 6) is -0.143. The highest BCUT2D eigenvalue weighted by molar-refractivity contribution is 7.80. The number of hydrogen-bond donors (Lipinski definition) is 1. The Morgan fingerprint density at radius 2 is 1.79 bits per heavy atom. The summed E-state index contributed by atoms with van der Waals surface area (Å²) in [7, 11) is 1.53. The van der Waals surface area contributed by atoms with Gasteiger partial charge in [0.1, 0.15) is 5.57 Å². The maximum absolute atomic E-state index is 13.1. The van der Waals surface area contributed by atoms with E-state index >= 15 is 0 Å². The maximum Gasteiger partial charge on any atom is 0.270 e. The molecule has 0 atom stereocenters. The molecule has 1 saturated heterocycles. The van der Waals surface area contributed by atoms with Crippen molar-refractivity contribution in [1.82, 2.24) is 5.32 Å². The molecule has 1 heterocycles. The molecule has 2 aromatic rings. The fraction of sp³-hybridized carbons (Fsp3) is 0.150. The Kier molecular flexibility index (Phi) is 6.42. The minimum atomic E-state index is -0.599. The number of nitrogens with one attached hydrogen (secondary N) is 1. The number of thiocarbonyl (C=S) groups is 1. The zero-order valence-corrected chi connectivity index (χ0v) is 17.8. The summed E-state index contributed by atoms with van der Waals surface area (Å²) in [5, 5.41) is 3.13. The number of amides is 2. The van der Waals surface area contributed by atoms with Gasteiger partial charge in [-0.05, 0) is 61.1 Å². The van der Waals surface area contributed by atoms with Crippen molar-refractivity contribution in [2.75, 3.05) is 18.6 Å². The Morgan fingerprint density at radius 1 is 1.10 bits per heavy atom. The molecule has 3 rings (SSSR count). The first-order valence-electron chi connectivity index (χ1n) is 8.52. The monoisotopic (exact) mass is 450 g/mol. The molecule has 2 aromatic carbocycles. The average molecular weight is 451 g/mol. The molecule has 1 fully saturated rings. The van der Waals surface area contributed by atoms with Crippen molar-refractivity contribution >= 4 is 64.1 Å². The summed E-state index contributed by atoms with van der Waals surface area (Å²) in [6.07, 6.45) is 1.46. The zero-order chi connectivity index (χ0) is 21.1. The lowest BCUT2D eigenvalue weighted by atomic mass is 10.1. The van der Waals surface area contributed by atoms with Crippen LogP contribution in [0.2, 0.25) is 10.0 Å². The fourth-order valence-electron chi connectivity index (χ4n) is 2.78. The molecule has 0 unspecified atom stereocenters. The number of ether oxygens (including phenoxy) is 2. The minimum Gasteiger partial charge on any atom is -0.493 e. The van der Waals surface area contributed by atoms with E-state index < -0.39 is 11.8 Å². The van der Waals surface area contributed by atoms with Crippen LogP contribution in [-0.2, 0) is 9.59 Å². The highest BCUT2D eigenvalue weighted by Gasteiger charge is 2.34. The minimum absolute atomic E-state index is 0.0554. The van der Waals surface area contributed by atoms with Gasteiger partial charge in [-0.3, -0.25) is 19.8 Å². The van der Waals surface area contributed by atoms with Gasteiger partial charge in [0.15, 0.2) is 16.6 Å². The van der Waals surface area contributed by atoms with Crippen molar-refractivity contribution in [3.63, 3.8) is 0 Å². The fourth-order valence-corrected chi connectivity index (χ4v) is 3.57. The molecule has 9 heteroatoms. The van der Waals surface area contributed by atoms with Crippen molar-refractivity contribution in [1.29, 1.82) is 0 Å². The lowest BCUT2D eigenvalue weighted by Crippen LogP contribution is -2.54. The van der Waals surface area contributed by atoms with Crippen molar-refractivity contribution in [2.24, 2.45) is 0 Å². The molecule has 1 aliphatic rings. The third kappa shape index (κ3) is 4.53. The molecule has 6 nitrogen and oxygen atoms in total. The first-order chi connectivity index (χ1) is 13.8. The van der Waals surface area contributed by atoms with Crippen LogP contribution < -0.4 is 19.7 Å². The summed E-state index contributed by atoms with van der Waals surface area (Å²) in [4.78, 5) is 26.7. The van der Waals surface area contributed by atoms with Crippen LogP contribution in [0.25, 0.3) is 6.08 Å². The van der Waals surface area contributed by atoms with Gasteiger partial charge in [0.2, 0.25) is 0 Å². The van der Waals surface area contributed by atoms with E-state index in [-0.39, 0.29) is 10.7 Å². The van der Waals surface area contributed by atoms with E-state index in [1.54, 1.807) is 18.2 Å². The van der Waals surface area contributed by atoms with E-state index in [1.807, 2.05) is 6.92 Å². The van der Waals surface area contributed by atoms with E-state index in [1.165, 1.54) is 36.3 Å². The van der Waals surface area contributed by atoms with Crippen LogP contribution in [0.15, 0.2) is 42.0 Å². The van der Waals surface area contributed by atoms with Crippen LogP contribution >= 0.6 is 35.4 Å². The second-order valence-electron chi connectivity index (χ2n) is 5.93. The second kappa shape index (κ2) is 8.82. The number of nitrogens with zero attached hydrogens (tertiary/aromatic N) is 1. The van der Waals surface area contributed by atoms with Crippen molar-refractivity contribution in [2.45, 2.75) is 6.92 Å². The number of anilines is 1. The molecule has 2 amide bonds. The molecule has 0 radical (unpaired) electrons. The van der Waals surface area contributed by atoms with Crippen LogP contribution in [0.3, 0.4) is 0 Å². The Labute approximate surface area is 183 Å². The molecular weight excluding hydrogens is 435 g/mol. The van der Waals surface area contributed by atoms with E-state index in [4.69, 9.17) is 44.9 Å². The quantitative estimate of drug-likeness (QED) is 0.419. The van der Waals surface area contributed by atoms with Crippen molar-refractivity contribution in [3.05, 3.63) is 57.6 Å². The number of rotatable bonds is 5. The standard InChI is InChI=1S/C20H16Cl2N2O4S/c1-3-28-17-7-11(4-5-16(17)27-2)6-15-18(25)23-20(29)24(19(15)26)14-9-12(21)8-13(22)10-14/h4-10H,3H2,1-2H3,(H,23,25,29). The number of halogens is 2. The predicted molar refractivity (Wildman–Crippen MR) is 117 cm³/mol. The molecule has 0 aromatic heterocycles. The second-order valence-corrected chi connectivity index (χ2v) is 7.19. The topological polar surface area (TPSA) is 67.9 Å². The summed E-state index contributed by atoms with van der Waals surface area (Å²) < 4.78 is 10.8. The summed E-state index contributed by atoms with van der Waals surface area (Å²) in [6, 6.07) is 9.69. The van der Waals surface area contributed by atoms with E-state index in [0.29, 0.717) is 39.4 Å². The average Bonchev–Trinajstić information content (AvgIpc) is 2.65. The molecule has 1 aliphatic heterocycles. The largest absolute Gasteiger partial charge is 0.493 e.